The van der Waals surface area contributed by atoms with Gasteiger partial charge >= 0.3 is 0 Å². The van der Waals surface area contributed by atoms with Crippen molar-refractivity contribution in [3.8, 4) is 0 Å². The Morgan fingerprint density at radius 3 is 2.73 bits per heavy atom. The van der Waals surface area contributed by atoms with Crippen molar-refractivity contribution in [3.05, 3.63) is 29.8 Å². The van der Waals surface area contributed by atoms with Gasteiger partial charge in [-0.2, -0.15) is 5.10 Å². The molecule has 0 aliphatic heterocycles. The summed E-state index contributed by atoms with van der Waals surface area (Å²) in [7, 11) is 3.54. The molecule has 78 valence electrons. The van der Waals surface area contributed by atoms with Gasteiger partial charge in [0.05, 0.1) is 12.1 Å². The van der Waals surface area contributed by atoms with E-state index in [1.807, 2.05) is 0 Å². The van der Waals surface area contributed by atoms with Crippen LogP contribution < -0.4 is 0 Å². The highest BCUT2D eigenvalue weighted by Gasteiger charge is 2.11. The lowest BCUT2D eigenvalue weighted by molar-refractivity contribution is 0.0986. The first kappa shape index (κ1) is 9.57. The summed E-state index contributed by atoms with van der Waals surface area (Å²) in [6, 6.07) is 1.69. The molecule has 2 heterocycles. The van der Waals surface area contributed by atoms with Crippen molar-refractivity contribution in [3.63, 3.8) is 0 Å². The molecule has 0 aromatic carbocycles. The van der Waals surface area contributed by atoms with E-state index in [1.165, 1.54) is 0 Å². The van der Waals surface area contributed by atoms with Crippen LogP contribution in [0.15, 0.2) is 18.5 Å². The SMILES string of the molecule is Cn1cc(CC(=O)c2ccn(C)n2)nn1. The molecular formula is C9H11N5O. The molecule has 0 bridgehead atoms. The zero-order valence-electron chi connectivity index (χ0n) is 8.58. The molecule has 0 amide bonds. The van der Waals surface area contributed by atoms with Gasteiger partial charge in [0.2, 0.25) is 0 Å². The van der Waals surface area contributed by atoms with Crippen molar-refractivity contribution < 1.29 is 4.79 Å². The smallest absolute Gasteiger partial charge is 0.189 e. The van der Waals surface area contributed by atoms with Crippen LogP contribution in [-0.4, -0.2) is 30.6 Å². The standard InChI is InChI=1S/C9H11N5O/c1-13-4-3-8(11-13)9(15)5-7-6-14(2)12-10-7/h3-4,6H,5H2,1-2H3. The highest BCUT2D eigenvalue weighted by Crippen LogP contribution is 2.02. The first-order valence-corrected chi connectivity index (χ1v) is 4.53. The van der Waals surface area contributed by atoms with E-state index >= 15 is 0 Å². The first-order valence-electron chi connectivity index (χ1n) is 4.53. The summed E-state index contributed by atoms with van der Waals surface area (Å²) >= 11 is 0. The van der Waals surface area contributed by atoms with Gasteiger partial charge in [0.25, 0.3) is 0 Å². The van der Waals surface area contributed by atoms with Crippen LogP contribution >= 0.6 is 0 Å². The van der Waals surface area contributed by atoms with Gasteiger partial charge in [-0.1, -0.05) is 5.21 Å². The van der Waals surface area contributed by atoms with Crippen LogP contribution in [0.2, 0.25) is 0 Å². The van der Waals surface area contributed by atoms with Gasteiger partial charge in [-0.15, -0.1) is 5.10 Å². The molecule has 2 rings (SSSR count). The fraction of sp³-hybridized carbons (Fsp3) is 0.333. The number of ketones is 1. The van der Waals surface area contributed by atoms with Crippen LogP contribution in [0.25, 0.3) is 0 Å². The van der Waals surface area contributed by atoms with Crippen molar-refractivity contribution in [1.82, 2.24) is 24.8 Å². The number of aromatic nitrogens is 5. The Morgan fingerprint density at radius 1 is 1.40 bits per heavy atom. The van der Waals surface area contributed by atoms with E-state index < -0.39 is 0 Å². The molecular weight excluding hydrogens is 194 g/mol. The maximum atomic E-state index is 11.7. The summed E-state index contributed by atoms with van der Waals surface area (Å²) < 4.78 is 3.17. The molecule has 6 heteroatoms. The average Bonchev–Trinajstić information content (AvgIpc) is 2.75. The lowest BCUT2D eigenvalue weighted by Gasteiger charge is -1.92. The molecule has 2 aromatic heterocycles. The van der Waals surface area contributed by atoms with Crippen molar-refractivity contribution in [2.45, 2.75) is 6.42 Å². The summed E-state index contributed by atoms with van der Waals surface area (Å²) in [5.74, 6) is -0.0453. The third kappa shape index (κ3) is 2.09. The average molecular weight is 205 g/mol. The predicted molar refractivity (Wildman–Crippen MR) is 52.2 cm³/mol. The van der Waals surface area contributed by atoms with Crippen molar-refractivity contribution in [2.24, 2.45) is 14.1 Å². The Bertz CT molecular complexity index is 484. The van der Waals surface area contributed by atoms with Crippen LogP contribution in [-0.2, 0) is 20.5 Å². The number of rotatable bonds is 3. The number of aryl methyl sites for hydroxylation is 2. The molecule has 0 atom stereocenters. The summed E-state index contributed by atoms with van der Waals surface area (Å²) in [6.07, 6.45) is 3.70. The van der Waals surface area contributed by atoms with Crippen LogP contribution in [0, 0.1) is 0 Å². The summed E-state index contributed by atoms with van der Waals surface area (Å²) in [4.78, 5) is 11.7. The van der Waals surface area contributed by atoms with Gasteiger partial charge in [-0.3, -0.25) is 14.2 Å². The summed E-state index contributed by atoms with van der Waals surface area (Å²) in [6.45, 7) is 0. The number of hydrogen-bond acceptors (Lipinski definition) is 4. The monoisotopic (exact) mass is 205 g/mol. The van der Waals surface area contributed by atoms with E-state index in [-0.39, 0.29) is 12.2 Å². The van der Waals surface area contributed by atoms with E-state index in [9.17, 15) is 4.79 Å². The summed E-state index contributed by atoms with van der Waals surface area (Å²) in [5, 5.41) is 11.6. The molecule has 0 aliphatic carbocycles. The first-order chi connectivity index (χ1) is 7.15. The minimum atomic E-state index is -0.0453. The predicted octanol–water partition coefficient (Wildman–Crippen LogP) is -0.0260. The third-order valence-electron chi connectivity index (χ3n) is 1.99. The molecule has 6 nitrogen and oxygen atoms in total. The molecule has 0 unspecified atom stereocenters. The van der Waals surface area contributed by atoms with Gasteiger partial charge in [0.1, 0.15) is 5.69 Å². The second-order valence-corrected chi connectivity index (χ2v) is 3.36. The number of carbonyl (C=O) groups is 1. The Labute approximate surface area is 86.5 Å². The second-order valence-electron chi connectivity index (χ2n) is 3.36. The van der Waals surface area contributed by atoms with Crippen LogP contribution in [0.3, 0.4) is 0 Å². The van der Waals surface area contributed by atoms with Crippen LogP contribution in [0.5, 0.6) is 0 Å². The van der Waals surface area contributed by atoms with Crippen molar-refractivity contribution >= 4 is 5.78 Å². The zero-order chi connectivity index (χ0) is 10.8. The van der Waals surface area contributed by atoms with Gasteiger partial charge in [-0.05, 0) is 6.07 Å². The lowest BCUT2D eigenvalue weighted by atomic mass is 10.2. The van der Waals surface area contributed by atoms with Crippen molar-refractivity contribution in [1.29, 1.82) is 0 Å². The minimum absolute atomic E-state index is 0.0453. The number of Topliss-reactive ketones (excluding diaryl/α,β-unsaturated/α-hetero) is 1. The zero-order valence-corrected chi connectivity index (χ0v) is 8.58. The fourth-order valence-corrected chi connectivity index (χ4v) is 1.30. The maximum Gasteiger partial charge on any atom is 0.189 e. The van der Waals surface area contributed by atoms with E-state index in [0.29, 0.717) is 11.4 Å². The molecule has 0 spiro atoms. The highest BCUT2D eigenvalue weighted by atomic mass is 16.1. The fourth-order valence-electron chi connectivity index (χ4n) is 1.30. The van der Waals surface area contributed by atoms with E-state index in [1.54, 1.807) is 41.9 Å². The Kier molecular flexibility index (Phi) is 2.32. The lowest BCUT2D eigenvalue weighted by Crippen LogP contribution is -2.05. The molecule has 0 saturated carbocycles. The van der Waals surface area contributed by atoms with E-state index in [2.05, 4.69) is 15.4 Å². The molecule has 0 saturated heterocycles. The molecule has 0 radical (unpaired) electrons. The van der Waals surface area contributed by atoms with Crippen molar-refractivity contribution in [2.75, 3.05) is 0 Å². The third-order valence-corrected chi connectivity index (χ3v) is 1.99. The Balaban J connectivity index is 2.10. The highest BCUT2D eigenvalue weighted by molar-refractivity contribution is 5.95. The largest absolute Gasteiger partial charge is 0.292 e. The molecule has 0 fully saturated rings. The molecule has 0 aliphatic rings. The quantitative estimate of drug-likeness (QED) is 0.660. The number of carbonyl (C=O) groups excluding carboxylic acids is 1. The maximum absolute atomic E-state index is 11.7. The number of hydrogen-bond donors (Lipinski definition) is 0. The molecule has 0 N–H and O–H groups in total. The summed E-state index contributed by atoms with van der Waals surface area (Å²) in [5.41, 5.74) is 1.12. The van der Waals surface area contributed by atoms with Gasteiger partial charge in [0.15, 0.2) is 5.78 Å². The molecule has 15 heavy (non-hydrogen) atoms. The minimum Gasteiger partial charge on any atom is -0.292 e. The van der Waals surface area contributed by atoms with Gasteiger partial charge < -0.3 is 0 Å². The van der Waals surface area contributed by atoms with Gasteiger partial charge in [0, 0.05) is 26.5 Å². The van der Waals surface area contributed by atoms with Crippen LogP contribution in [0.4, 0.5) is 0 Å². The topological polar surface area (TPSA) is 65.6 Å². The van der Waals surface area contributed by atoms with E-state index in [0.717, 1.165) is 0 Å². The van der Waals surface area contributed by atoms with Gasteiger partial charge in [-0.25, -0.2) is 0 Å². The Hall–Kier alpha value is -1.98. The van der Waals surface area contributed by atoms with Crippen LogP contribution in [0.1, 0.15) is 16.2 Å². The van der Waals surface area contributed by atoms with E-state index in [4.69, 9.17) is 0 Å². The number of nitrogens with zero attached hydrogens (tertiary/aromatic N) is 5. The second kappa shape index (κ2) is 3.64. The molecule has 2 aromatic rings. The normalized spacial score (nSPS) is 10.5. The Morgan fingerprint density at radius 2 is 2.20 bits per heavy atom.